The maximum absolute atomic E-state index is 6.09. The number of ether oxygens (including phenoxy) is 2. The van der Waals surface area contributed by atoms with E-state index in [0.29, 0.717) is 6.61 Å². The van der Waals surface area contributed by atoms with Gasteiger partial charge in [-0.25, -0.2) is 0 Å². The molecule has 1 unspecified atom stereocenters. The lowest BCUT2D eigenvalue weighted by Crippen LogP contribution is -2.40. The molecular formula is C16H27NO2. The fourth-order valence-electron chi connectivity index (χ4n) is 1.83. The van der Waals surface area contributed by atoms with E-state index in [1.807, 2.05) is 18.2 Å². The maximum atomic E-state index is 6.09. The minimum atomic E-state index is -0.113. The summed E-state index contributed by atoms with van der Waals surface area (Å²) in [5.74, 6) is 0.878. The zero-order valence-corrected chi connectivity index (χ0v) is 12.7. The average molecular weight is 265 g/mol. The van der Waals surface area contributed by atoms with Gasteiger partial charge >= 0.3 is 0 Å². The lowest BCUT2D eigenvalue weighted by molar-refractivity contribution is -0.0442. The third-order valence-corrected chi connectivity index (χ3v) is 3.40. The molecule has 0 fully saturated rings. The Kier molecular flexibility index (Phi) is 6.89. The molecule has 108 valence electrons. The predicted molar refractivity (Wildman–Crippen MR) is 79.6 cm³/mol. The van der Waals surface area contributed by atoms with Crippen molar-refractivity contribution in [1.29, 1.82) is 0 Å². The number of methoxy groups -OCH3 is 1. The molecule has 1 rings (SSSR count). The highest BCUT2D eigenvalue weighted by molar-refractivity contribution is 5.27. The van der Waals surface area contributed by atoms with E-state index < -0.39 is 0 Å². The summed E-state index contributed by atoms with van der Waals surface area (Å²) in [7, 11) is 1.69. The smallest absolute Gasteiger partial charge is 0.119 e. The molecule has 3 heteroatoms. The van der Waals surface area contributed by atoms with E-state index in [1.165, 1.54) is 0 Å². The maximum Gasteiger partial charge on any atom is 0.119 e. The van der Waals surface area contributed by atoms with Crippen molar-refractivity contribution in [3.05, 3.63) is 29.8 Å². The van der Waals surface area contributed by atoms with Crippen LogP contribution in [0, 0.1) is 0 Å². The van der Waals surface area contributed by atoms with Gasteiger partial charge in [0.05, 0.1) is 19.3 Å². The van der Waals surface area contributed by atoms with Crippen molar-refractivity contribution in [3.8, 4) is 5.75 Å². The standard InChI is InChI=1S/C16H27NO2/c1-5-10-17-13-16(3,6-2)19-12-14-8-7-9-15(11-14)18-4/h7-9,11,17H,5-6,10,12-13H2,1-4H3. The molecule has 0 bridgehead atoms. The molecule has 0 saturated heterocycles. The van der Waals surface area contributed by atoms with E-state index in [-0.39, 0.29) is 5.60 Å². The molecule has 0 heterocycles. The van der Waals surface area contributed by atoms with Crippen LogP contribution < -0.4 is 10.1 Å². The molecule has 0 aliphatic rings. The summed E-state index contributed by atoms with van der Waals surface area (Å²) in [6, 6.07) is 8.04. The van der Waals surface area contributed by atoms with Crippen LogP contribution in [0.2, 0.25) is 0 Å². The van der Waals surface area contributed by atoms with Gasteiger partial charge < -0.3 is 14.8 Å². The Balaban J connectivity index is 2.51. The molecule has 0 amide bonds. The number of benzene rings is 1. The normalized spacial score (nSPS) is 14.1. The molecule has 0 spiro atoms. The molecule has 1 aromatic carbocycles. The second-order valence-electron chi connectivity index (χ2n) is 5.12. The molecule has 1 atom stereocenters. The molecule has 0 radical (unpaired) electrons. The van der Waals surface area contributed by atoms with Crippen molar-refractivity contribution in [2.45, 2.75) is 45.8 Å². The van der Waals surface area contributed by atoms with Crippen LogP contribution in [0.25, 0.3) is 0 Å². The van der Waals surface area contributed by atoms with Crippen molar-refractivity contribution in [3.63, 3.8) is 0 Å². The fourth-order valence-corrected chi connectivity index (χ4v) is 1.83. The minimum Gasteiger partial charge on any atom is -0.497 e. The topological polar surface area (TPSA) is 30.5 Å². The van der Waals surface area contributed by atoms with Gasteiger partial charge in [-0.3, -0.25) is 0 Å². The van der Waals surface area contributed by atoms with Crippen LogP contribution >= 0.6 is 0 Å². The Morgan fingerprint density at radius 2 is 2.05 bits per heavy atom. The van der Waals surface area contributed by atoms with Crippen LogP contribution in [-0.4, -0.2) is 25.8 Å². The van der Waals surface area contributed by atoms with Crippen LogP contribution in [0.4, 0.5) is 0 Å². The highest BCUT2D eigenvalue weighted by atomic mass is 16.5. The molecule has 1 aromatic rings. The Morgan fingerprint density at radius 1 is 1.26 bits per heavy atom. The Hall–Kier alpha value is -1.06. The highest BCUT2D eigenvalue weighted by Gasteiger charge is 2.22. The second kappa shape index (κ2) is 8.18. The summed E-state index contributed by atoms with van der Waals surface area (Å²) < 4.78 is 11.3. The van der Waals surface area contributed by atoms with Crippen molar-refractivity contribution < 1.29 is 9.47 Å². The molecule has 3 nitrogen and oxygen atoms in total. The number of nitrogens with one attached hydrogen (secondary N) is 1. The van der Waals surface area contributed by atoms with E-state index >= 15 is 0 Å². The van der Waals surface area contributed by atoms with Crippen molar-refractivity contribution in [2.24, 2.45) is 0 Å². The molecular weight excluding hydrogens is 238 g/mol. The first-order valence-corrected chi connectivity index (χ1v) is 7.11. The van der Waals surface area contributed by atoms with Crippen molar-refractivity contribution in [1.82, 2.24) is 5.32 Å². The van der Waals surface area contributed by atoms with E-state index in [0.717, 1.165) is 37.2 Å². The summed E-state index contributed by atoms with van der Waals surface area (Å²) in [4.78, 5) is 0. The van der Waals surface area contributed by atoms with Crippen LogP contribution in [0.15, 0.2) is 24.3 Å². The molecule has 0 aromatic heterocycles. The van der Waals surface area contributed by atoms with E-state index in [9.17, 15) is 0 Å². The largest absolute Gasteiger partial charge is 0.497 e. The predicted octanol–water partition coefficient (Wildman–Crippen LogP) is 3.38. The van der Waals surface area contributed by atoms with Gasteiger partial charge in [0.2, 0.25) is 0 Å². The van der Waals surface area contributed by atoms with Gasteiger partial charge in [0.15, 0.2) is 0 Å². The third-order valence-electron chi connectivity index (χ3n) is 3.40. The van der Waals surface area contributed by atoms with Crippen LogP contribution in [0.1, 0.15) is 39.2 Å². The number of hydrogen-bond acceptors (Lipinski definition) is 3. The zero-order valence-electron chi connectivity index (χ0n) is 12.7. The van der Waals surface area contributed by atoms with E-state index in [4.69, 9.17) is 9.47 Å². The van der Waals surface area contributed by atoms with Crippen LogP contribution in [-0.2, 0) is 11.3 Å². The van der Waals surface area contributed by atoms with Crippen molar-refractivity contribution in [2.75, 3.05) is 20.2 Å². The zero-order chi connectivity index (χ0) is 14.1. The summed E-state index contributed by atoms with van der Waals surface area (Å²) in [6.45, 7) is 9.05. The SMILES string of the molecule is CCCNCC(C)(CC)OCc1cccc(OC)c1. The Labute approximate surface area is 117 Å². The lowest BCUT2D eigenvalue weighted by Gasteiger charge is -2.29. The lowest BCUT2D eigenvalue weighted by atomic mass is 10.0. The van der Waals surface area contributed by atoms with Gasteiger partial charge in [-0.1, -0.05) is 26.0 Å². The molecule has 0 aliphatic carbocycles. The number of hydrogen-bond donors (Lipinski definition) is 1. The highest BCUT2D eigenvalue weighted by Crippen LogP contribution is 2.19. The van der Waals surface area contributed by atoms with Gasteiger partial charge in [0.25, 0.3) is 0 Å². The molecule has 0 saturated carbocycles. The second-order valence-corrected chi connectivity index (χ2v) is 5.12. The monoisotopic (exact) mass is 265 g/mol. The fraction of sp³-hybridized carbons (Fsp3) is 0.625. The first-order valence-electron chi connectivity index (χ1n) is 7.11. The Bertz CT molecular complexity index is 368. The third kappa shape index (κ3) is 5.62. The van der Waals surface area contributed by atoms with Crippen LogP contribution in [0.3, 0.4) is 0 Å². The molecule has 1 N–H and O–H groups in total. The molecule has 0 aliphatic heterocycles. The van der Waals surface area contributed by atoms with Gasteiger partial charge in [-0.2, -0.15) is 0 Å². The van der Waals surface area contributed by atoms with Gasteiger partial charge in [-0.05, 0) is 44.0 Å². The number of rotatable bonds is 9. The first-order chi connectivity index (χ1) is 9.13. The summed E-state index contributed by atoms with van der Waals surface area (Å²) in [5, 5.41) is 3.44. The van der Waals surface area contributed by atoms with Gasteiger partial charge in [0, 0.05) is 6.54 Å². The summed E-state index contributed by atoms with van der Waals surface area (Å²) >= 11 is 0. The quantitative estimate of drug-likeness (QED) is 0.694. The summed E-state index contributed by atoms with van der Waals surface area (Å²) in [6.07, 6.45) is 2.14. The van der Waals surface area contributed by atoms with Crippen molar-refractivity contribution >= 4 is 0 Å². The van der Waals surface area contributed by atoms with Gasteiger partial charge in [0.1, 0.15) is 5.75 Å². The van der Waals surface area contributed by atoms with Gasteiger partial charge in [-0.15, -0.1) is 0 Å². The Morgan fingerprint density at radius 3 is 2.68 bits per heavy atom. The summed E-state index contributed by atoms with van der Waals surface area (Å²) in [5.41, 5.74) is 1.03. The minimum absolute atomic E-state index is 0.113. The molecule has 19 heavy (non-hydrogen) atoms. The van der Waals surface area contributed by atoms with Crippen LogP contribution in [0.5, 0.6) is 5.75 Å². The first kappa shape index (κ1) is 16.0. The van der Waals surface area contributed by atoms with E-state index in [1.54, 1.807) is 7.11 Å². The van der Waals surface area contributed by atoms with E-state index in [2.05, 4.69) is 32.2 Å². The average Bonchev–Trinajstić information content (AvgIpc) is 2.46.